The lowest BCUT2D eigenvalue weighted by Gasteiger charge is -2.25. The first kappa shape index (κ1) is 21.7. The van der Waals surface area contributed by atoms with Gasteiger partial charge in [0.2, 0.25) is 17.8 Å². The van der Waals surface area contributed by atoms with Crippen molar-refractivity contribution in [2.45, 2.75) is 0 Å². The molecule has 9 heteroatoms. The summed E-state index contributed by atoms with van der Waals surface area (Å²) in [5.74, 6) is 1.47. The average molecular weight is 442 g/mol. The molecule has 0 saturated heterocycles. The van der Waals surface area contributed by atoms with E-state index in [4.69, 9.17) is 32.2 Å². The van der Waals surface area contributed by atoms with Crippen molar-refractivity contribution in [3.05, 3.63) is 72.8 Å². The van der Waals surface area contributed by atoms with Crippen LogP contribution in [0.5, 0.6) is 0 Å². The Morgan fingerprint density at radius 1 is 0.424 bits per heavy atom. The highest BCUT2D eigenvalue weighted by molar-refractivity contribution is 5.67. The first-order valence-corrected chi connectivity index (χ1v) is 10.4. The molecule has 9 nitrogen and oxygen atoms in total. The summed E-state index contributed by atoms with van der Waals surface area (Å²) in [5, 5.41) is 0. The third-order valence-corrected chi connectivity index (χ3v) is 5.34. The molecule has 0 unspecified atom stereocenters. The van der Waals surface area contributed by atoms with Crippen molar-refractivity contribution < 1.29 is 0 Å². The predicted octanol–water partition coefficient (Wildman–Crippen LogP) is 3.92. The van der Waals surface area contributed by atoms with Gasteiger partial charge in [-0.25, -0.2) is 0 Å². The van der Waals surface area contributed by atoms with E-state index in [2.05, 4.69) is 0 Å². The molecule has 6 N–H and O–H groups in total. The fraction of sp³-hybridized carbons (Fsp3) is 0.125. The molecule has 0 radical (unpaired) electrons. The zero-order chi connectivity index (χ0) is 23.5. The number of nitrogens with two attached hydrogens (primary N) is 3. The van der Waals surface area contributed by atoms with Crippen LogP contribution in [-0.2, 0) is 0 Å². The van der Waals surface area contributed by atoms with Crippen molar-refractivity contribution in [1.29, 1.82) is 0 Å². The quantitative estimate of drug-likeness (QED) is 0.381. The van der Waals surface area contributed by atoms with Crippen LogP contribution in [0.4, 0.5) is 52.0 Å². The van der Waals surface area contributed by atoms with E-state index < -0.39 is 0 Å². The standard InChI is InChI=1S/C24H27N9/c1-31(19-10-4-16(25)5-11-19)22-28-23(32(2)20-12-6-17(26)7-13-20)30-24(29-22)33(3)21-14-8-18(27)9-15-21/h4-15H,25-27H2,1-3H3. The fourth-order valence-electron chi connectivity index (χ4n) is 3.23. The molecule has 1 heterocycles. The number of aromatic nitrogens is 3. The lowest BCUT2D eigenvalue weighted by atomic mass is 10.2. The van der Waals surface area contributed by atoms with Crippen molar-refractivity contribution in [3.8, 4) is 0 Å². The minimum absolute atomic E-state index is 0.490. The van der Waals surface area contributed by atoms with Gasteiger partial charge < -0.3 is 31.9 Å². The second-order valence-corrected chi connectivity index (χ2v) is 7.69. The van der Waals surface area contributed by atoms with Crippen LogP contribution in [0.2, 0.25) is 0 Å². The van der Waals surface area contributed by atoms with E-state index in [1.165, 1.54) is 0 Å². The molecule has 0 saturated carbocycles. The highest BCUT2D eigenvalue weighted by Gasteiger charge is 2.18. The number of benzene rings is 3. The van der Waals surface area contributed by atoms with Crippen LogP contribution in [-0.4, -0.2) is 36.1 Å². The minimum atomic E-state index is 0.490. The largest absolute Gasteiger partial charge is 0.399 e. The Bertz CT molecular complexity index is 1050. The number of anilines is 9. The molecular formula is C24H27N9. The van der Waals surface area contributed by atoms with Crippen LogP contribution in [0.25, 0.3) is 0 Å². The van der Waals surface area contributed by atoms with E-state index in [9.17, 15) is 0 Å². The van der Waals surface area contributed by atoms with Crippen molar-refractivity contribution in [1.82, 2.24) is 15.0 Å². The van der Waals surface area contributed by atoms with Gasteiger partial charge in [0.25, 0.3) is 0 Å². The number of nitrogen functional groups attached to an aromatic ring is 3. The molecule has 0 amide bonds. The van der Waals surface area contributed by atoms with Gasteiger partial charge in [0.1, 0.15) is 0 Å². The van der Waals surface area contributed by atoms with E-state index in [0.717, 1.165) is 17.1 Å². The van der Waals surface area contributed by atoms with E-state index in [-0.39, 0.29) is 0 Å². The molecule has 1 aromatic heterocycles. The molecule has 168 valence electrons. The Labute approximate surface area is 193 Å². The van der Waals surface area contributed by atoms with Crippen LogP contribution in [0.15, 0.2) is 72.8 Å². The summed E-state index contributed by atoms with van der Waals surface area (Å²) in [6.07, 6.45) is 0. The van der Waals surface area contributed by atoms with E-state index in [1.807, 2.05) is 109 Å². The fourth-order valence-corrected chi connectivity index (χ4v) is 3.23. The Kier molecular flexibility index (Phi) is 5.86. The molecular weight excluding hydrogens is 414 g/mol. The molecule has 4 rings (SSSR count). The minimum Gasteiger partial charge on any atom is -0.399 e. The maximum absolute atomic E-state index is 5.85. The summed E-state index contributed by atoms with van der Waals surface area (Å²) in [4.78, 5) is 19.9. The second-order valence-electron chi connectivity index (χ2n) is 7.69. The predicted molar refractivity (Wildman–Crippen MR) is 137 cm³/mol. The lowest BCUT2D eigenvalue weighted by Crippen LogP contribution is -2.22. The van der Waals surface area contributed by atoms with Gasteiger partial charge in [-0.3, -0.25) is 0 Å². The Morgan fingerprint density at radius 3 is 0.848 bits per heavy atom. The summed E-state index contributed by atoms with van der Waals surface area (Å²) in [7, 11) is 5.71. The normalized spacial score (nSPS) is 10.6. The van der Waals surface area contributed by atoms with Crippen molar-refractivity contribution in [3.63, 3.8) is 0 Å². The maximum atomic E-state index is 5.85. The van der Waals surface area contributed by atoms with Gasteiger partial charge in [-0.1, -0.05) is 0 Å². The smallest absolute Gasteiger partial charge is 0.236 e. The highest BCUT2D eigenvalue weighted by atomic mass is 15.4. The lowest BCUT2D eigenvalue weighted by molar-refractivity contribution is 0.926. The maximum Gasteiger partial charge on any atom is 0.236 e. The van der Waals surface area contributed by atoms with Crippen molar-refractivity contribution in [2.24, 2.45) is 0 Å². The molecule has 0 aliphatic carbocycles. The SMILES string of the molecule is CN(c1ccc(N)cc1)c1nc(N(C)c2ccc(N)cc2)nc(N(C)c2ccc(N)cc2)n1. The summed E-state index contributed by atoms with van der Waals surface area (Å²) >= 11 is 0. The third kappa shape index (κ3) is 4.72. The van der Waals surface area contributed by atoms with Gasteiger partial charge in [-0.15, -0.1) is 0 Å². The first-order chi connectivity index (χ1) is 15.8. The molecule has 0 fully saturated rings. The van der Waals surface area contributed by atoms with Crippen LogP contribution in [0, 0.1) is 0 Å². The van der Waals surface area contributed by atoms with Gasteiger partial charge >= 0.3 is 0 Å². The molecule has 33 heavy (non-hydrogen) atoms. The molecule has 0 spiro atoms. The van der Waals surface area contributed by atoms with E-state index in [0.29, 0.717) is 34.9 Å². The summed E-state index contributed by atoms with van der Waals surface area (Å²) in [6, 6.07) is 22.6. The molecule has 4 aromatic rings. The highest BCUT2D eigenvalue weighted by Crippen LogP contribution is 2.29. The summed E-state index contributed by atoms with van der Waals surface area (Å²) in [5.41, 5.74) is 22.3. The van der Waals surface area contributed by atoms with Gasteiger partial charge in [0.05, 0.1) is 0 Å². The number of nitrogens with zero attached hydrogens (tertiary/aromatic N) is 6. The average Bonchev–Trinajstić information content (AvgIpc) is 2.84. The summed E-state index contributed by atoms with van der Waals surface area (Å²) < 4.78 is 0. The molecule has 0 atom stereocenters. The first-order valence-electron chi connectivity index (χ1n) is 10.4. The van der Waals surface area contributed by atoms with Gasteiger partial charge in [0.15, 0.2) is 0 Å². The van der Waals surface area contributed by atoms with Crippen molar-refractivity contribution >= 4 is 52.0 Å². The van der Waals surface area contributed by atoms with Gasteiger partial charge in [-0.05, 0) is 72.8 Å². The molecule has 0 bridgehead atoms. The number of hydrogen-bond donors (Lipinski definition) is 3. The zero-order valence-electron chi connectivity index (χ0n) is 18.8. The van der Waals surface area contributed by atoms with Gasteiger partial charge in [-0.2, -0.15) is 15.0 Å². The molecule has 0 aliphatic rings. The molecule has 3 aromatic carbocycles. The Morgan fingerprint density at radius 2 is 0.636 bits per heavy atom. The van der Waals surface area contributed by atoms with Crippen LogP contribution in [0.3, 0.4) is 0 Å². The van der Waals surface area contributed by atoms with E-state index in [1.54, 1.807) is 0 Å². The molecule has 0 aliphatic heterocycles. The Hall–Kier alpha value is -4.53. The third-order valence-electron chi connectivity index (χ3n) is 5.34. The van der Waals surface area contributed by atoms with Crippen LogP contribution < -0.4 is 31.9 Å². The number of rotatable bonds is 6. The topological polar surface area (TPSA) is 126 Å². The van der Waals surface area contributed by atoms with E-state index >= 15 is 0 Å². The summed E-state index contributed by atoms with van der Waals surface area (Å²) in [6.45, 7) is 0. The second kappa shape index (κ2) is 8.91. The Balaban J connectivity index is 1.78. The van der Waals surface area contributed by atoms with Crippen molar-refractivity contribution in [2.75, 3.05) is 53.0 Å². The van der Waals surface area contributed by atoms with Crippen LogP contribution in [0.1, 0.15) is 0 Å². The monoisotopic (exact) mass is 441 g/mol. The van der Waals surface area contributed by atoms with Crippen LogP contribution >= 0.6 is 0 Å². The number of hydrogen-bond acceptors (Lipinski definition) is 9. The zero-order valence-corrected chi connectivity index (χ0v) is 18.8. The van der Waals surface area contributed by atoms with Gasteiger partial charge in [0, 0.05) is 55.3 Å².